The topological polar surface area (TPSA) is 132 Å². The van der Waals surface area contributed by atoms with E-state index in [9.17, 15) is 24.6 Å². The molecule has 9 nitrogen and oxygen atoms in total. The van der Waals surface area contributed by atoms with Crippen molar-refractivity contribution >= 4 is 23.6 Å². The minimum Gasteiger partial charge on any atom is -0.480 e. The van der Waals surface area contributed by atoms with E-state index >= 15 is 0 Å². The molecule has 0 saturated carbocycles. The highest BCUT2D eigenvalue weighted by Gasteiger charge is 2.45. The maximum atomic E-state index is 12.5. The number of nitrogens with zero attached hydrogens (tertiary/aromatic N) is 2. The first-order valence-electron chi connectivity index (χ1n) is 11.0. The lowest BCUT2D eigenvalue weighted by Gasteiger charge is -2.41. The van der Waals surface area contributed by atoms with Gasteiger partial charge in [0, 0.05) is 38.7 Å². The first kappa shape index (κ1) is 23.0. The number of unbranched alkanes of at least 4 members (excludes halogenated alkanes) is 1. The van der Waals surface area contributed by atoms with Gasteiger partial charge in [-0.05, 0) is 56.6 Å². The van der Waals surface area contributed by atoms with Gasteiger partial charge in [0.05, 0.1) is 5.60 Å². The second kappa shape index (κ2) is 10.1. The van der Waals surface area contributed by atoms with Gasteiger partial charge in [-0.15, -0.1) is 0 Å². The number of carbonyl (C=O) groups is 3. The maximum absolute atomic E-state index is 12.5. The normalized spacial score (nSPS) is 18.5. The number of carboxylic acids is 1. The largest absolute Gasteiger partial charge is 0.480 e. The number of aliphatic hydroxyl groups is 1. The van der Waals surface area contributed by atoms with E-state index in [0.29, 0.717) is 6.42 Å². The van der Waals surface area contributed by atoms with Crippen LogP contribution in [0.3, 0.4) is 0 Å². The summed E-state index contributed by atoms with van der Waals surface area (Å²) < 4.78 is 0. The molecule has 170 valence electrons. The second-order valence-electron chi connectivity index (χ2n) is 8.50. The van der Waals surface area contributed by atoms with E-state index in [2.05, 4.69) is 27.8 Å². The van der Waals surface area contributed by atoms with Crippen molar-refractivity contribution in [3.8, 4) is 0 Å². The van der Waals surface area contributed by atoms with Gasteiger partial charge in [-0.3, -0.25) is 9.59 Å². The van der Waals surface area contributed by atoms with Crippen LogP contribution in [-0.2, 0) is 27.2 Å². The number of aryl methyl sites for hydroxylation is 2. The number of piperidine rings is 1. The summed E-state index contributed by atoms with van der Waals surface area (Å²) in [4.78, 5) is 41.6. The third-order valence-electron chi connectivity index (χ3n) is 6.14. The lowest BCUT2D eigenvalue weighted by Crippen LogP contribution is -2.61. The molecule has 1 aromatic heterocycles. The molecular weight excluding hydrogens is 400 g/mol. The van der Waals surface area contributed by atoms with Crippen LogP contribution in [-0.4, -0.2) is 69.2 Å². The molecular formula is C22H32N4O5. The number of pyridine rings is 1. The fourth-order valence-electron chi connectivity index (χ4n) is 4.31. The third-order valence-corrected chi connectivity index (χ3v) is 6.14. The number of amides is 2. The van der Waals surface area contributed by atoms with E-state index in [4.69, 9.17) is 0 Å². The van der Waals surface area contributed by atoms with Gasteiger partial charge < -0.3 is 25.7 Å². The maximum Gasteiger partial charge on any atom is 0.329 e. The molecule has 1 fully saturated rings. The van der Waals surface area contributed by atoms with Gasteiger partial charge in [0.25, 0.3) is 0 Å². The summed E-state index contributed by atoms with van der Waals surface area (Å²) >= 11 is 0. The number of hydrogen-bond donors (Lipinski definition) is 4. The van der Waals surface area contributed by atoms with Crippen molar-refractivity contribution < 1.29 is 24.6 Å². The highest BCUT2D eigenvalue weighted by atomic mass is 16.4. The number of fused-ring (bicyclic) bond motifs is 1. The van der Waals surface area contributed by atoms with Crippen molar-refractivity contribution in [3.63, 3.8) is 0 Å². The first-order chi connectivity index (χ1) is 14.8. The number of rotatable bonds is 8. The van der Waals surface area contributed by atoms with Gasteiger partial charge in [0.1, 0.15) is 5.82 Å². The molecule has 2 amide bonds. The molecule has 9 heteroatoms. The summed E-state index contributed by atoms with van der Waals surface area (Å²) in [6.45, 7) is 2.72. The molecule has 0 unspecified atom stereocenters. The van der Waals surface area contributed by atoms with Crippen LogP contribution in [0.2, 0.25) is 0 Å². The Kier molecular flexibility index (Phi) is 7.48. The zero-order chi connectivity index (χ0) is 22.4. The monoisotopic (exact) mass is 432 g/mol. The Morgan fingerprint density at radius 3 is 2.68 bits per heavy atom. The summed E-state index contributed by atoms with van der Waals surface area (Å²) in [6.07, 6.45) is 5.26. The number of aliphatic carboxylic acids is 1. The van der Waals surface area contributed by atoms with Crippen molar-refractivity contribution in [2.75, 3.05) is 25.0 Å². The molecule has 1 atom stereocenters. The van der Waals surface area contributed by atoms with Crippen LogP contribution in [0, 0.1) is 0 Å². The Hall–Kier alpha value is -2.68. The van der Waals surface area contributed by atoms with Crippen LogP contribution in [0.15, 0.2) is 12.1 Å². The SMILES string of the molecule is CC(=O)N[C@@H](C(=O)O)C1(O)CCN(C(=O)CCCCc2ccc3c(n2)NCCC3)CC1. The summed E-state index contributed by atoms with van der Waals surface area (Å²) in [5.74, 6) is -0.792. The predicted molar refractivity (Wildman–Crippen MR) is 115 cm³/mol. The lowest BCUT2D eigenvalue weighted by atomic mass is 9.84. The van der Waals surface area contributed by atoms with Crippen molar-refractivity contribution in [2.45, 2.75) is 69.9 Å². The summed E-state index contributed by atoms with van der Waals surface area (Å²) in [5.41, 5.74) is 0.737. The fraction of sp³-hybridized carbons (Fsp3) is 0.636. The number of hydrogen-bond acceptors (Lipinski definition) is 6. The Morgan fingerprint density at radius 1 is 1.26 bits per heavy atom. The Balaban J connectivity index is 1.42. The van der Waals surface area contributed by atoms with E-state index < -0.39 is 23.5 Å². The number of carbonyl (C=O) groups excluding carboxylic acids is 2. The molecule has 2 aliphatic heterocycles. The van der Waals surface area contributed by atoms with Gasteiger partial charge in [-0.1, -0.05) is 6.07 Å². The third kappa shape index (κ3) is 5.94. The van der Waals surface area contributed by atoms with Gasteiger partial charge >= 0.3 is 5.97 Å². The highest BCUT2D eigenvalue weighted by molar-refractivity contribution is 5.83. The minimum absolute atomic E-state index is 0.00789. The molecule has 4 N–H and O–H groups in total. The smallest absolute Gasteiger partial charge is 0.329 e. The van der Waals surface area contributed by atoms with Crippen LogP contribution in [0.1, 0.15) is 56.7 Å². The van der Waals surface area contributed by atoms with Crippen molar-refractivity contribution in [1.82, 2.24) is 15.2 Å². The zero-order valence-corrected chi connectivity index (χ0v) is 18.0. The fourth-order valence-corrected chi connectivity index (χ4v) is 4.31. The van der Waals surface area contributed by atoms with E-state index in [-0.39, 0.29) is 31.8 Å². The molecule has 3 rings (SSSR count). The molecule has 1 aromatic rings. The number of carboxylic acid groups (broad SMARTS) is 1. The van der Waals surface area contributed by atoms with Crippen LogP contribution in [0.4, 0.5) is 5.82 Å². The van der Waals surface area contributed by atoms with Crippen molar-refractivity contribution in [2.24, 2.45) is 0 Å². The lowest BCUT2D eigenvalue weighted by molar-refractivity contribution is -0.154. The van der Waals surface area contributed by atoms with Crippen LogP contribution in [0.25, 0.3) is 0 Å². The van der Waals surface area contributed by atoms with E-state index in [1.807, 2.05) is 0 Å². The molecule has 0 radical (unpaired) electrons. The van der Waals surface area contributed by atoms with E-state index in [1.54, 1.807) is 4.90 Å². The van der Waals surface area contributed by atoms with Gasteiger partial charge in [0.15, 0.2) is 6.04 Å². The Bertz CT molecular complexity index is 820. The van der Waals surface area contributed by atoms with Crippen LogP contribution >= 0.6 is 0 Å². The number of anilines is 1. The van der Waals surface area contributed by atoms with Crippen molar-refractivity contribution in [1.29, 1.82) is 0 Å². The average Bonchev–Trinajstić information content (AvgIpc) is 2.75. The number of likely N-dealkylation sites (tertiary alicyclic amines) is 1. The predicted octanol–water partition coefficient (Wildman–Crippen LogP) is 1.10. The molecule has 31 heavy (non-hydrogen) atoms. The zero-order valence-electron chi connectivity index (χ0n) is 18.0. The standard InChI is InChI=1S/C22H32N4O5/c1-15(27)24-19(21(29)30)22(31)10-13-26(14-11-22)18(28)7-3-2-6-17-9-8-16-5-4-12-23-20(16)25-17/h8-9,19,31H,2-7,10-14H2,1H3,(H,23,25)(H,24,27)(H,29,30)/t19-/m0/s1. The number of nitrogens with one attached hydrogen (secondary N) is 2. The van der Waals surface area contributed by atoms with Gasteiger partial charge in [0.2, 0.25) is 11.8 Å². The van der Waals surface area contributed by atoms with Gasteiger partial charge in [-0.25, -0.2) is 9.78 Å². The molecule has 0 bridgehead atoms. The Labute approximate surface area is 182 Å². The second-order valence-corrected chi connectivity index (χ2v) is 8.50. The molecule has 2 aliphatic rings. The summed E-state index contributed by atoms with van der Waals surface area (Å²) in [6, 6.07) is 2.82. The highest BCUT2D eigenvalue weighted by Crippen LogP contribution is 2.27. The minimum atomic E-state index is -1.56. The Morgan fingerprint density at radius 2 is 2.00 bits per heavy atom. The molecule has 0 aromatic carbocycles. The van der Waals surface area contributed by atoms with Crippen LogP contribution in [0.5, 0.6) is 0 Å². The summed E-state index contributed by atoms with van der Waals surface area (Å²) in [7, 11) is 0. The van der Waals surface area contributed by atoms with Crippen LogP contribution < -0.4 is 10.6 Å². The quantitative estimate of drug-likeness (QED) is 0.452. The van der Waals surface area contributed by atoms with Crippen molar-refractivity contribution in [3.05, 3.63) is 23.4 Å². The summed E-state index contributed by atoms with van der Waals surface area (Å²) in [5, 5.41) is 25.7. The molecule has 0 spiro atoms. The average molecular weight is 433 g/mol. The van der Waals surface area contributed by atoms with Gasteiger partial charge in [-0.2, -0.15) is 0 Å². The molecule has 3 heterocycles. The van der Waals surface area contributed by atoms with E-state index in [1.165, 1.54) is 12.5 Å². The first-order valence-corrected chi connectivity index (χ1v) is 11.0. The van der Waals surface area contributed by atoms with E-state index in [0.717, 1.165) is 50.2 Å². The number of aromatic nitrogens is 1. The molecule has 1 saturated heterocycles. The molecule has 0 aliphatic carbocycles.